The summed E-state index contributed by atoms with van der Waals surface area (Å²) in [4.78, 5) is 4.57. The second-order valence-corrected chi connectivity index (χ2v) is 5.94. The lowest BCUT2D eigenvalue weighted by molar-refractivity contribution is 0.606. The summed E-state index contributed by atoms with van der Waals surface area (Å²) in [6.45, 7) is 5.95. The van der Waals surface area contributed by atoms with Crippen LogP contribution in [0, 0.1) is 12.7 Å². The predicted octanol–water partition coefficient (Wildman–Crippen LogP) is 2.96. The largest absolute Gasteiger partial charge is 0.356 e. The number of aliphatic imine (C=N–C) groups is 1. The van der Waals surface area contributed by atoms with Crippen molar-refractivity contribution in [2.24, 2.45) is 12.0 Å². The Labute approximate surface area is 171 Å². The molecule has 2 rings (SSSR count). The third-order valence-corrected chi connectivity index (χ3v) is 4.03. The number of unbranched alkanes of at least 4 members (excludes halogenated alkanes) is 1. The number of benzene rings is 1. The molecule has 0 aliphatic carbocycles. The van der Waals surface area contributed by atoms with Gasteiger partial charge in [0.05, 0.1) is 0 Å². The quantitative estimate of drug-likeness (QED) is 0.267. The van der Waals surface area contributed by atoms with Crippen LogP contribution >= 0.6 is 24.0 Å². The number of nitrogens with zero attached hydrogens (tertiary/aromatic N) is 4. The van der Waals surface area contributed by atoms with Crippen LogP contribution in [0.15, 0.2) is 29.3 Å². The monoisotopic (exact) mass is 474 g/mol. The topological polar surface area (TPSA) is 67.1 Å². The van der Waals surface area contributed by atoms with Gasteiger partial charge in [-0.05, 0) is 31.4 Å². The molecular weight excluding hydrogens is 446 g/mol. The molecule has 1 aromatic heterocycles. The highest BCUT2D eigenvalue weighted by Gasteiger charge is 2.06. The molecular formula is C18H28FIN6. The fourth-order valence-corrected chi connectivity index (χ4v) is 2.31. The van der Waals surface area contributed by atoms with Gasteiger partial charge in [-0.3, -0.25) is 0 Å². The number of guanidine groups is 1. The van der Waals surface area contributed by atoms with Gasteiger partial charge >= 0.3 is 0 Å². The zero-order chi connectivity index (χ0) is 18.1. The summed E-state index contributed by atoms with van der Waals surface area (Å²) in [5.41, 5.74) is 0.701. The first-order valence-electron chi connectivity index (χ1n) is 8.72. The number of aryl methyl sites for hydroxylation is 1. The maximum Gasteiger partial charge on any atom is 0.191 e. The van der Waals surface area contributed by atoms with E-state index in [1.54, 1.807) is 12.1 Å². The molecule has 0 saturated heterocycles. The molecule has 0 amide bonds. The Kier molecular flexibility index (Phi) is 10.2. The van der Waals surface area contributed by atoms with Crippen molar-refractivity contribution in [2.45, 2.75) is 39.7 Å². The van der Waals surface area contributed by atoms with E-state index in [1.807, 2.05) is 24.6 Å². The minimum Gasteiger partial charge on any atom is -0.356 e. The molecule has 0 aliphatic rings. The Morgan fingerprint density at radius 1 is 1.19 bits per heavy atom. The van der Waals surface area contributed by atoms with Crippen molar-refractivity contribution in [1.82, 2.24) is 25.4 Å². The maximum absolute atomic E-state index is 13.7. The highest BCUT2D eigenvalue weighted by atomic mass is 127. The summed E-state index contributed by atoms with van der Waals surface area (Å²) in [5, 5.41) is 14.7. The van der Waals surface area contributed by atoms with Crippen molar-refractivity contribution >= 4 is 29.9 Å². The first-order valence-corrected chi connectivity index (χ1v) is 8.72. The summed E-state index contributed by atoms with van der Waals surface area (Å²) in [6, 6.07) is 6.85. The van der Waals surface area contributed by atoms with Crippen LogP contribution in [-0.2, 0) is 20.0 Å². The van der Waals surface area contributed by atoms with Crippen molar-refractivity contribution in [3.63, 3.8) is 0 Å². The zero-order valence-electron chi connectivity index (χ0n) is 15.6. The third kappa shape index (κ3) is 6.89. The lowest BCUT2D eigenvalue weighted by Crippen LogP contribution is -2.39. The number of halogens is 2. The molecule has 2 N–H and O–H groups in total. The molecule has 0 spiro atoms. The van der Waals surface area contributed by atoms with E-state index in [1.165, 1.54) is 6.07 Å². The van der Waals surface area contributed by atoms with E-state index in [0.717, 1.165) is 31.0 Å². The van der Waals surface area contributed by atoms with Gasteiger partial charge in [-0.25, -0.2) is 9.38 Å². The molecule has 0 atom stereocenters. The summed E-state index contributed by atoms with van der Waals surface area (Å²) < 4.78 is 15.6. The Balaban J connectivity index is 0.00000338. The first kappa shape index (κ1) is 22.3. The minimum atomic E-state index is -0.170. The summed E-state index contributed by atoms with van der Waals surface area (Å²) in [6.07, 6.45) is 2.78. The van der Waals surface area contributed by atoms with Gasteiger partial charge in [0.1, 0.15) is 18.2 Å². The molecule has 1 aromatic carbocycles. The van der Waals surface area contributed by atoms with Gasteiger partial charge in [0.15, 0.2) is 11.8 Å². The number of aromatic nitrogens is 3. The Bertz CT molecular complexity index is 701. The van der Waals surface area contributed by atoms with Gasteiger partial charge in [0, 0.05) is 20.1 Å². The van der Waals surface area contributed by atoms with E-state index in [2.05, 4.69) is 32.7 Å². The molecule has 26 heavy (non-hydrogen) atoms. The number of hydrogen-bond donors (Lipinski definition) is 2. The average molecular weight is 474 g/mol. The van der Waals surface area contributed by atoms with Gasteiger partial charge in [0.25, 0.3) is 0 Å². The molecule has 6 nitrogen and oxygen atoms in total. The fraction of sp³-hybridized carbons (Fsp3) is 0.500. The summed E-state index contributed by atoms with van der Waals surface area (Å²) in [7, 11) is 1.93. The number of rotatable bonds is 8. The van der Waals surface area contributed by atoms with Gasteiger partial charge in [0.2, 0.25) is 0 Å². The zero-order valence-corrected chi connectivity index (χ0v) is 18.0. The van der Waals surface area contributed by atoms with Crippen LogP contribution in [-0.4, -0.2) is 33.8 Å². The predicted molar refractivity (Wildman–Crippen MR) is 113 cm³/mol. The number of nitrogens with one attached hydrogen (secondary N) is 2. The molecule has 1 heterocycles. The van der Waals surface area contributed by atoms with E-state index in [4.69, 9.17) is 0 Å². The molecule has 0 aliphatic heterocycles. The molecule has 0 saturated carbocycles. The SMILES string of the molecule is CCCCNC(=NCc1nnc(C)n1C)NCCc1ccccc1F.I. The summed E-state index contributed by atoms with van der Waals surface area (Å²) in [5.74, 6) is 2.21. The van der Waals surface area contributed by atoms with Crippen LogP contribution in [0.5, 0.6) is 0 Å². The van der Waals surface area contributed by atoms with Crippen molar-refractivity contribution in [1.29, 1.82) is 0 Å². The molecule has 8 heteroatoms. The molecule has 2 aromatic rings. The normalized spacial score (nSPS) is 11.2. The van der Waals surface area contributed by atoms with Crippen molar-refractivity contribution in [2.75, 3.05) is 13.1 Å². The fourth-order valence-electron chi connectivity index (χ4n) is 2.31. The van der Waals surface area contributed by atoms with E-state index < -0.39 is 0 Å². The van der Waals surface area contributed by atoms with Crippen LogP contribution in [0.3, 0.4) is 0 Å². The van der Waals surface area contributed by atoms with Crippen molar-refractivity contribution in [3.8, 4) is 0 Å². The van der Waals surface area contributed by atoms with Crippen LogP contribution in [0.1, 0.15) is 37.0 Å². The van der Waals surface area contributed by atoms with Crippen molar-refractivity contribution < 1.29 is 4.39 Å². The van der Waals surface area contributed by atoms with Crippen LogP contribution in [0.4, 0.5) is 4.39 Å². The second kappa shape index (κ2) is 11.8. The highest BCUT2D eigenvalue weighted by molar-refractivity contribution is 14.0. The Hall–Kier alpha value is -1.71. The van der Waals surface area contributed by atoms with E-state index in [9.17, 15) is 4.39 Å². The smallest absolute Gasteiger partial charge is 0.191 e. The lowest BCUT2D eigenvalue weighted by atomic mass is 10.1. The van der Waals surface area contributed by atoms with Gasteiger partial charge in [-0.1, -0.05) is 31.5 Å². The second-order valence-electron chi connectivity index (χ2n) is 5.94. The average Bonchev–Trinajstić information content (AvgIpc) is 2.93. The van der Waals surface area contributed by atoms with Crippen LogP contribution in [0.25, 0.3) is 0 Å². The van der Waals surface area contributed by atoms with E-state index in [-0.39, 0.29) is 29.8 Å². The van der Waals surface area contributed by atoms with Crippen molar-refractivity contribution in [3.05, 3.63) is 47.3 Å². The Morgan fingerprint density at radius 3 is 2.58 bits per heavy atom. The summed E-state index contributed by atoms with van der Waals surface area (Å²) >= 11 is 0. The standard InChI is InChI=1S/C18H27FN6.HI/c1-4-5-11-20-18(22-13-17-24-23-14(2)25(17)3)21-12-10-15-8-6-7-9-16(15)19;/h6-9H,4-5,10-13H2,1-3H3,(H2,20,21,22);1H. The lowest BCUT2D eigenvalue weighted by Gasteiger charge is -2.12. The van der Waals surface area contributed by atoms with Gasteiger partial charge < -0.3 is 15.2 Å². The maximum atomic E-state index is 13.7. The molecule has 0 radical (unpaired) electrons. The minimum absolute atomic E-state index is 0. The van der Waals surface area contributed by atoms with Crippen LogP contribution in [0.2, 0.25) is 0 Å². The molecule has 0 unspecified atom stereocenters. The van der Waals surface area contributed by atoms with E-state index >= 15 is 0 Å². The highest BCUT2D eigenvalue weighted by Crippen LogP contribution is 2.06. The van der Waals surface area contributed by atoms with Gasteiger partial charge in [-0.2, -0.15) is 0 Å². The molecule has 144 valence electrons. The third-order valence-electron chi connectivity index (χ3n) is 4.03. The first-order chi connectivity index (χ1) is 12.1. The van der Waals surface area contributed by atoms with Gasteiger partial charge in [-0.15, -0.1) is 34.2 Å². The Morgan fingerprint density at radius 2 is 1.92 bits per heavy atom. The molecule has 0 bridgehead atoms. The van der Waals surface area contributed by atoms with E-state index in [0.29, 0.717) is 31.0 Å². The molecule has 0 fully saturated rings. The van der Waals surface area contributed by atoms with Crippen LogP contribution < -0.4 is 10.6 Å². The number of hydrogen-bond acceptors (Lipinski definition) is 3.